The normalized spacial score (nSPS) is 20.1. The molecule has 1 saturated heterocycles. The first-order chi connectivity index (χ1) is 20.6. The molecule has 9 rings (SSSR count). The zero-order chi connectivity index (χ0) is 28.0. The van der Waals surface area contributed by atoms with Gasteiger partial charge in [-0.15, -0.1) is 0 Å². The lowest BCUT2D eigenvalue weighted by molar-refractivity contribution is 0.0878. The molecule has 2 atom stereocenters. The summed E-state index contributed by atoms with van der Waals surface area (Å²) in [6.07, 6.45) is 11.1. The Balaban J connectivity index is 1.31. The minimum Gasteiger partial charge on any atom is -0.314 e. The van der Waals surface area contributed by atoms with Gasteiger partial charge in [-0.3, -0.25) is 5.01 Å². The van der Waals surface area contributed by atoms with Gasteiger partial charge in [-0.2, -0.15) is 0 Å². The van der Waals surface area contributed by atoms with Gasteiger partial charge in [0.25, 0.3) is 0 Å². The number of para-hydroxylation sites is 1. The zero-order valence-corrected chi connectivity index (χ0v) is 23.8. The van der Waals surface area contributed by atoms with Crippen molar-refractivity contribution in [2.45, 2.75) is 31.3 Å². The molecule has 0 bridgehead atoms. The van der Waals surface area contributed by atoms with Crippen molar-refractivity contribution in [1.82, 2.24) is 15.0 Å². The number of fused-ring (bicyclic) bond motifs is 10. The summed E-state index contributed by atoms with van der Waals surface area (Å²) in [5.41, 5.74) is 14.0. The van der Waals surface area contributed by atoms with Crippen molar-refractivity contribution in [1.29, 1.82) is 0 Å². The van der Waals surface area contributed by atoms with Gasteiger partial charge in [0.15, 0.2) is 0 Å². The van der Waals surface area contributed by atoms with E-state index in [0.29, 0.717) is 12.1 Å². The Hall–Kier alpha value is -4.86. The monoisotopic (exact) mass is 541 g/mol. The number of hydrazine groups is 1. The van der Waals surface area contributed by atoms with E-state index in [2.05, 4.69) is 162 Å². The molecule has 1 N–H and O–H groups in total. The van der Waals surface area contributed by atoms with Crippen LogP contribution in [0.3, 0.4) is 0 Å². The number of benzene rings is 5. The van der Waals surface area contributed by atoms with Crippen LogP contribution in [0.4, 0.5) is 0 Å². The first-order valence-corrected chi connectivity index (χ1v) is 14.9. The van der Waals surface area contributed by atoms with Crippen molar-refractivity contribution in [2.24, 2.45) is 0 Å². The molecule has 3 nitrogen and oxygen atoms in total. The van der Waals surface area contributed by atoms with Crippen molar-refractivity contribution in [3.05, 3.63) is 144 Å². The van der Waals surface area contributed by atoms with E-state index in [1.807, 2.05) is 0 Å². The van der Waals surface area contributed by atoms with Crippen LogP contribution in [-0.4, -0.2) is 21.7 Å². The van der Waals surface area contributed by atoms with Crippen LogP contribution in [0.2, 0.25) is 0 Å². The Kier molecular flexibility index (Phi) is 4.86. The van der Waals surface area contributed by atoms with Crippen LogP contribution < -0.4 is 5.43 Å². The van der Waals surface area contributed by atoms with Gasteiger partial charge in [0.2, 0.25) is 0 Å². The third-order valence-electron chi connectivity index (χ3n) is 9.66. The molecule has 1 aromatic heterocycles. The van der Waals surface area contributed by atoms with Crippen LogP contribution in [0.5, 0.6) is 0 Å². The molecule has 5 aromatic carbocycles. The van der Waals surface area contributed by atoms with Gasteiger partial charge in [-0.1, -0.05) is 129 Å². The number of hydrogen-bond donors (Lipinski definition) is 1. The fourth-order valence-corrected chi connectivity index (χ4v) is 7.70. The second kappa shape index (κ2) is 8.58. The molecule has 2 heterocycles. The summed E-state index contributed by atoms with van der Waals surface area (Å²) in [4.78, 5) is 0. The molecule has 0 radical (unpaired) electrons. The Morgan fingerprint density at radius 1 is 0.690 bits per heavy atom. The third-order valence-corrected chi connectivity index (χ3v) is 9.66. The Labute approximate surface area is 245 Å². The van der Waals surface area contributed by atoms with Crippen LogP contribution in [0, 0.1) is 0 Å². The molecule has 3 aliphatic rings. The maximum Gasteiger partial charge on any atom is 0.0846 e. The average Bonchev–Trinajstić information content (AvgIpc) is 3.46. The van der Waals surface area contributed by atoms with E-state index >= 15 is 0 Å². The first-order valence-electron chi connectivity index (χ1n) is 14.9. The SMILES string of the molecule is CC1(C)c2ccccc2-c2ccc3c(ccc4c3c3ccccc3n4/C=C(\c3ccccc3)N3NC4C=CC=CC43)c21. The van der Waals surface area contributed by atoms with E-state index in [-0.39, 0.29) is 5.41 Å². The number of nitrogens with zero attached hydrogens (tertiary/aromatic N) is 2. The molecule has 3 heteroatoms. The highest BCUT2D eigenvalue weighted by Gasteiger charge is 2.39. The van der Waals surface area contributed by atoms with Crippen LogP contribution in [-0.2, 0) is 5.41 Å². The maximum atomic E-state index is 3.68. The smallest absolute Gasteiger partial charge is 0.0846 e. The van der Waals surface area contributed by atoms with Crippen LogP contribution in [0.15, 0.2) is 127 Å². The van der Waals surface area contributed by atoms with Crippen LogP contribution >= 0.6 is 0 Å². The second-order valence-corrected chi connectivity index (χ2v) is 12.3. The average molecular weight is 542 g/mol. The lowest BCUT2D eigenvalue weighted by atomic mass is 9.80. The zero-order valence-electron chi connectivity index (χ0n) is 23.8. The topological polar surface area (TPSA) is 20.2 Å². The second-order valence-electron chi connectivity index (χ2n) is 12.3. The van der Waals surface area contributed by atoms with E-state index in [1.165, 1.54) is 60.4 Å². The fourth-order valence-electron chi connectivity index (χ4n) is 7.70. The predicted octanol–water partition coefficient (Wildman–Crippen LogP) is 8.89. The Morgan fingerprint density at radius 2 is 1.45 bits per heavy atom. The summed E-state index contributed by atoms with van der Waals surface area (Å²) in [5.74, 6) is 0. The van der Waals surface area contributed by atoms with Gasteiger partial charge < -0.3 is 4.57 Å². The standard InChI is InChI=1S/C39H31N3/c1-39(2)31-16-8-6-14-26(31)28-21-20-27-29(38(28)39)22-23-35-37(27)30-15-7-10-18-33(30)41(35)24-36(25-12-4-3-5-13-25)42-34-19-11-9-17-32(34)40-42/h3-24,32,34,40H,1-2H3/b36-24+. The summed E-state index contributed by atoms with van der Waals surface area (Å²) in [7, 11) is 0. The molecule has 202 valence electrons. The summed E-state index contributed by atoms with van der Waals surface area (Å²) >= 11 is 0. The molecule has 0 saturated carbocycles. The fraction of sp³-hybridized carbons (Fsp3) is 0.128. The minimum absolute atomic E-state index is 0.0560. The van der Waals surface area contributed by atoms with Gasteiger partial charge in [0.1, 0.15) is 0 Å². The number of aromatic nitrogens is 1. The molecular formula is C39H31N3. The van der Waals surface area contributed by atoms with E-state index in [4.69, 9.17) is 0 Å². The van der Waals surface area contributed by atoms with Crippen molar-refractivity contribution in [3.63, 3.8) is 0 Å². The molecule has 0 amide bonds. The Morgan fingerprint density at radius 3 is 2.33 bits per heavy atom. The molecule has 1 aliphatic heterocycles. The summed E-state index contributed by atoms with van der Waals surface area (Å²) < 4.78 is 2.40. The molecule has 42 heavy (non-hydrogen) atoms. The number of nitrogens with one attached hydrogen (secondary N) is 1. The van der Waals surface area contributed by atoms with Gasteiger partial charge in [0, 0.05) is 28.0 Å². The van der Waals surface area contributed by atoms with Gasteiger partial charge in [-0.05, 0) is 45.2 Å². The van der Waals surface area contributed by atoms with E-state index in [9.17, 15) is 0 Å². The highest BCUT2D eigenvalue weighted by molar-refractivity contribution is 6.23. The summed E-state index contributed by atoms with van der Waals surface area (Å²) in [5, 5.41) is 7.58. The third kappa shape index (κ3) is 3.14. The van der Waals surface area contributed by atoms with Crippen LogP contribution in [0.1, 0.15) is 30.5 Å². The van der Waals surface area contributed by atoms with Crippen LogP contribution in [0.25, 0.3) is 55.6 Å². The maximum absolute atomic E-state index is 3.68. The van der Waals surface area contributed by atoms with Crippen molar-refractivity contribution < 1.29 is 0 Å². The highest BCUT2D eigenvalue weighted by Crippen LogP contribution is 2.52. The molecule has 0 spiro atoms. The van der Waals surface area contributed by atoms with E-state index in [1.54, 1.807) is 0 Å². The molecule has 2 unspecified atom stereocenters. The van der Waals surface area contributed by atoms with Crippen molar-refractivity contribution in [2.75, 3.05) is 0 Å². The minimum atomic E-state index is -0.0560. The number of hydrogen-bond acceptors (Lipinski definition) is 2. The first kappa shape index (κ1) is 23.8. The molecule has 1 fully saturated rings. The van der Waals surface area contributed by atoms with E-state index < -0.39 is 0 Å². The predicted molar refractivity (Wildman–Crippen MR) is 176 cm³/mol. The van der Waals surface area contributed by atoms with Gasteiger partial charge in [-0.25, -0.2) is 5.43 Å². The summed E-state index contributed by atoms with van der Waals surface area (Å²) in [6.45, 7) is 4.75. The number of rotatable bonds is 3. The summed E-state index contributed by atoms with van der Waals surface area (Å²) in [6, 6.07) is 38.5. The lowest BCUT2D eigenvalue weighted by Crippen LogP contribution is -2.67. The number of allylic oxidation sites excluding steroid dienone is 2. The molecule has 6 aromatic rings. The largest absolute Gasteiger partial charge is 0.314 e. The van der Waals surface area contributed by atoms with Gasteiger partial charge in [0.05, 0.1) is 28.8 Å². The quantitative estimate of drug-likeness (QED) is 0.241. The van der Waals surface area contributed by atoms with Crippen molar-refractivity contribution >= 4 is 44.5 Å². The van der Waals surface area contributed by atoms with E-state index in [0.717, 1.165) is 5.70 Å². The van der Waals surface area contributed by atoms with Gasteiger partial charge >= 0.3 is 0 Å². The molecule has 2 aliphatic carbocycles. The Bertz CT molecular complexity index is 2160. The highest BCUT2D eigenvalue weighted by atomic mass is 15.6. The lowest BCUT2D eigenvalue weighted by Gasteiger charge is -2.49. The van der Waals surface area contributed by atoms with Crippen molar-refractivity contribution in [3.8, 4) is 11.1 Å². The molecular weight excluding hydrogens is 510 g/mol.